The van der Waals surface area contributed by atoms with Crippen LogP contribution in [0, 0.1) is 10.8 Å². The molecule has 0 bridgehead atoms. The molecular weight excluding hydrogens is 194 g/mol. The van der Waals surface area contributed by atoms with Gasteiger partial charge in [0, 0.05) is 12.8 Å². The van der Waals surface area contributed by atoms with Gasteiger partial charge in [-0.3, -0.25) is 0 Å². The lowest BCUT2D eigenvalue weighted by Crippen LogP contribution is -2.63. The summed E-state index contributed by atoms with van der Waals surface area (Å²) in [4.78, 5) is 0. The molecule has 1 fully saturated rings. The van der Waals surface area contributed by atoms with Crippen LogP contribution in [-0.2, 0) is 0 Å². The average Bonchev–Trinajstić information content (AvgIpc) is 2.07. The molecular formula is C15H32N+. The molecule has 0 aromatic rings. The SMILES string of the molecule is CC(C)(C)C1(C)CC[N+](C)(C(C)(C)C)CC1. The fraction of sp³-hybridized carbons (Fsp3) is 1.00. The molecule has 0 radical (unpaired) electrons. The molecule has 1 aliphatic rings. The van der Waals surface area contributed by atoms with Crippen LogP contribution in [-0.4, -0.2) is 30.2 Å². The number of hydrogen-bond acceptors (Lipinski definition) is 0. The number of piperidine rings is 1. The first-order chi connectivity index (χ1) is 6.91. The second-order valence-corrected chi connectivity index (χ2v) is 8.32. The van der Waals surface area contributed by atoms with Crippen LogP contribution in [0.1, 0.15) is 61.3 Å². The topological polar surface area (TPSA) is 0 Å². The Hall–Kier alpha value is -0.0400. The molecule has 1 saturated heterocycles. The van der Waals surface area contributed by atoms with E-state index >= 15 is 0 Å². The molecule has 0 atom stereocenters. The second-order valence-electron chi connectivity index (χ2n) is 8.32. The molecule has 0 spiro atoms. The summed E-state index contributed by atoms with van der Waals surface area (Å²) in [6.07, 6.45) is 2.73. The fourth-order valence-electron chi connectivity index (χ4n) is 2.64. The van der Waals surface area contributed by atoms with Crippen molar-refractivity contribution >= 4 is 0 Å². The van der Waals surface area contributed by atoms with Gasteiger partial charge in [-0.05, 0) is 31.6 Å². The summed E-state index contributed by atoms with van der Waals surface area (Å²) in [5.74, 6) is 0. The van der Waals surface area contributed by atoms with Gasteiger partial charge >= 0.3 is 0 Å². The molecule has 0 unspecified atom stereocenters. The maximum atomic E-state index is 2.49. The maximum Gasteiger partial charge on any atom is 0.0905 e. The zero-order valence-corrected chi connectivity index (χ0v) is 12.8. The van der Waals surface area contributed by atoms with E-state index in [2.05, 4.69) is 55.5 Å². The highest BCUT2D eigenvalue weighted by atomic mass is 15.4. The van der Waals surface area contributed by atoms with Gasteiger partial charge in [0.2, 0.25) is 0 Å². The van der Waals surface area contributed by atoms with Crippen LogP contribution in [0.5, 0.6) is 0 Å². The lowest BCUT2D eigenvalue weighted by molar-refractivity contribution is -0.959. The molecule has 1 aliphatic heterocycles. The van der Waals surface area contributed by atoms with Crippen molar-refractivity contribution in [2.75, 3.05) is 20.1 Å². The van der Waals surface area contributed by atoms with Gasteiger partial charge in [0.05, 0.1) is 25.7 Å². The second kappa shape index (κ2) is 3.73. The number of quaternary nitrogens is 1. The van der Waals surface area contributed by atoms with E-state index in [1.165, 1.54) is 30.4 Å². The molecule has 0 N–H and O–H groups in total. The van der Waals surface area contributed by atoms with E-state index < -0.39 is 0 Å². The third kappa shape index (κ3) is 2.30. The number of hydrogen-bond donors (Lipinski definition) is 0. The maximum absolute atomic E-state index is 2.49. The van der Waals surface area contributed by atoms with Gasteiger partial charge in [-0.2, -0.15) is 0 Å². The van der Waals surface area contributed by atoms with Gasteiger partial charge in [0.1, 0.15) is 0 Å². The standard InChI is InChI=1S/C15H32N/c1-13(2,3)15(7)9-11-16(8,12-10-15)14(4,5)6/h9-12H2,1-8H3/q+1. The first-order valence-electron chi connectivity index (χ1n) is 6.76. The zero-order chi connectivity index (χ0) is 12.8. The molecule has 1 nitrogen and oxygen atoms in total. The van der Waals surface area contributed by atoms with Crippen molar-refractivity contribution in [1.82, 2.24) is 0 Å². The Balaban J connectivity index is 2.79. The molecule has 1 heterocycles. The average molecular weight is 226 g/mol. The quantitative estimate of drug-likeness (QED) is 0.546. The van der Waals surface area contributed by atoms with Crippen molar-refractivity contribution in [2.45, 2.75) is 66.8 Å². The number of likely N-dealkylation sites (tertiary alicyclic amines) is 1. The fourth-order valence-corrected chi connectivity index (χ4v) is 2.64. The van der Waals surface area contributed by atoms with Gasteiger partial charge in [0.15, 0.2) is 0 Å². The van der Waals surface area contributed by atoms with E-state index in [0.717, 1.165) is 0 Å². The van der Waals surface area contributed by atoms with E-state index in [4.69, 9.17) is 0 Å². The Labute approximate surface area is 103 Å². The van der Waals surface area contributed by atoms with Crippen molar-refractivity contribution < 1.29 is 4.48 Å². The largest absolute Gasteiger partial charge is 0.322 e. The highest BCUT2D eigenvalue weighted by Gasteiger charge is 2.47. The molecule has 0 aliphatic carbocycles. The van der Waals surface area contributed by atoms with Crippen LogP contribution < -0.4 is 0 Å². The van der Waals surface area contributed by atoms with Crippen molar-refractivity contribution in [3.63, 3.8) is 0 Å². The van der Waals surface area contributed by atoms with Crippen molar-refractivity contribution in [2.24, 2.45) is 10.8 Å². The number of rotatable bonds is 0. The van der Waals surface area contributed by atoms with E-state index in [1.54, 1.807) is 0 Å². The van der Waals surface area contributed by atoms with Crippen molar-refractivity contribution in [3.05, 3.63) is 0 Å². The summed E-state index contributed by atoms with van der Waals surface area (Å²) in [6, 6.07) is 0. The van der Waals surface area contributed by atoms with Crippen LogP contribution >= 0.6 is 0 Å². The summed E-state index contributed by atoms with van der Waals surface area (Å²) in [7, 11) is 2.43. The summed E-state index contributed by atoms with van der Waals surface area (Å²) >= 11 is 0. The normalized spacial score (nSPS) is 37.5. The van der Waals surface area contributed by atoms with E-state index in [0.29, 0.717) is 16.4 Å². The third-order valence-electron chi connectivity index (χ3n) is 5.74. The lowest BCUT2D eigenvalue weighted by Gasteiger charge is -2.55. The molecule has 1 rings (SSSR count). The van der Waals surface area contributed by atoms with Crippen LogP contribution in [0.3, 0.4) is 0 Å². The van der Waals surface area contributed by atoms with E-state index in [-0.39, 0.29) is 0 Å². The molecule has 0 saturated carbocycles. The zero-order valence-electron chi connectivity index (χ0n) is 12.8. The van der Waals surface area contributed by atoms with Crippen molar-refractivity contribution in [1.29, 1.82) is 0 Å². The van der Waals surface area contributed by atoms with Crippen LogP contribution in [0.25, 0.3) is 0 Å². The predicted molar refractivity (Wildman–Crippen MR) is 72.5 cm³/mol. The van der Waals surface area contributed by atoms with Gasteiger partial charge in [-0.15, -0.1) is 0 Å². The Bertz CT molecular complexity index is 216. The van der Waals surface area contributed by atoms with Crippen LogP contribution in [0.4, 0.5) is 0 Å². The minimum atomic E-state index is 0.388. The highest BCUT2D eigenvalue weighted by Crippen LogP contribution is 2.48. The summed E-state index contributed by atoms with van der Waals surface area (Å²) in [5, 5.41) is 0. The van der Waals surface area contributed by atoms with Gasteiger partial charge < -0.3 is 4.48 Å². The summed E-state index contributed by atoms with van der Waals surface area (Å²) < 4.78 is 1.23. The summed E-state index contributed by atoms with van der Waals surface area (Å²) in [5.41, 5.74) is 1.35. The van der Waals surface area contributed by atoms with Gasteiger partial charge in [-0.25, -0.2) is 0 Å². The monoisotopic (exact) mass is 226 g/mol. The molecule has 1 heteroatoms. The molecule has 16 heavy (non-hydrogen) atoms. The predicted octanol–water partition coefficient (Wildman–Crippen LogP) is 4.08. The lowest BCUT2D eigenvalue weighted by atomic mass is 9.62. The first kappa shape index (κ1) is 14.0. The minimum absolute atomic E-state index is 0.388. The molecule has 0 amide bonds. The molecule has 0 aromatic heterocycles. The van der Waals surface area contributed by atoms with E-state index in [1.807, 2.05) is 0 Å². The Kier molecular flexibility index (Phi) is 3.27. The number of nitrogens with zero attached hydrogens (tertiary/aromatic N) is 1. The Morgan fingerprint density at radius 2 is 1.25 bits per heavy atom. The smallest absolute Gasteiger partial charge is 0.0905 e. The van der Waals surface area contributed by atoms with Gasteiger partial charge in [0.25, 0.3) is 0 Å². The van der Waals surface area contributed by atoms with Crippen LogP contribution in [0.2, 0.25) is 0 Å². The summed E-state index contributed by atoms with van der Waals surface area (Å²) in [6.45, 7) is 19.5. The molecule has 0 aromatic carbocycles. The Morgan fingerprint density at radius 3 is 1.50 bits per heavy atom. The first-order valence-corrected chi connectivity index (χ1v) is 6.76. The minimum Gasteiger partial charge on any atom is -0.322 e. The molecule has 96 valence electrons. The van der Waals surface area contributed by atoms with Crippen molar-refractivity contribution in [3.8, 4) is 0 Å². The van der Waals surface area contributed by atoms with Crippen LogP contribution in [0.15, 0.2) is 0 Å². The van der Waals surface area contributed by atoms with E-state index in [9.17, 15) is 0 Å². The van der Waals surface area contributed by atoms with Gasteiger partial charge in [-0.1, -0.05) is 27.7 Å². The Morgan fingerprint density at radius 1 is 0.875 bits per heavy atom. The third-order valence-corrected chi connectivity index (χ3v) is 5.74. The highest BCUT2D eigenvalue weighted by molar-refractivity contribution is 4.89.